The van der Waals surface area contributed by atoms with Crippen molar-refractivity contribution in [2.24, 2.45) is 0 Å². The lowest BCUT2D eigenvalue weighted by atomic mass is 9.96. The number of hydrogen-bond acceptors (Lipinski definition) is 1. The van der Waals surface area contributed by atoms with Gasteiger partial charge in [-0.1, -0.05) is 36.4 Å². The largest absolute Gasteiger partial charge is 0.296 e. The molecular weight excluding hydrogens is 225 g/mol. The number of alkyl halides is 1. The highest BCUT2D eigenvalue weighted by Gasteiger charge is 2.32. The summed E-state index contributed by atoms with van der Waals surface area (Å²) < 4.78 is 14.7. The average molecular weight is 247 g/mol. The van der Waals surface area contributed by atoms with Crippen molar-refractivity contribution in [2.75, 3.05) is 13.1 Å². The fraction of sp³-hybridized carbons (Fsp3) is 0.500. The molecule has 0 amide bonds. The van der Waals surface area contributed by atoms with E-state index in [0.717, 1.165) is 25.9 Å². The maximum Gasteiger partial charge on any atom is 0.127 e. The van der Waals surface area contributed by atoms with Crippen LogP contribution in [0.25, 0.3) is 0 Å². The SMILES string of the molecule is C=CCC1(F)CCCCN(Cc2ccccc2)C1. The number of benzene rings is 1. The van der Waals surface area contributed by atoms with E-state index in [1.807, 2.05) is 18.2 Å². The Morgan fingerprint density at radius 3 is 2.78 bits per heavy atom. The minimum atomic E-state index is -1.08. The molecule has 98 valence electrons. The van der Waals surface area contributed by atoms with Crippen LogP contribution in [0.2, 0.25) is 0 Å². The molecule has 0 aromatic heterocycles. The number of rotatable bonds is 4. The molecular formula is C16H22FN. The highest BCUT2D eigenvalue weighted by molar-refractivity contribution is 5.14. The fourth-order valence-electron chi connectivity index (χ4n) is 2.74. The molecule has 0 radical (unpaired) electrons. The van der Waals surface area contributed by atoms with Crippen molar-refractivity contribution in [2.45, 2.75) is 37.9 Å². The average Bonchev–Trinajstić information content (AvgIpc) is 2.53. The molecule has 0 saturated carbocycles. The Bertz CT molecular complexity index is 376. The number of allylic oxidation sites excluding steroid dienone is 1. The van der Waals surface area contributed by atoms with E-state index in [1.165, 1.54) is 5.56 Å². The number of nitrogens with zero attached hydrogens (tertiary/aromatic N) is 1. The van der Waals surface area contributed by atoms with Crippen LogP contribution in [0.3, 0.4) is 0 Å². The standard InChI is InChI=1S/C16H22FN/c1-2-10-16(17)11-6-7-12-18(14-16)13-15-8-4-3-5-9-15/h2-5,8-9H,1,6-7,10-14H2. The predicted molar refractivity (Wildman–Crippen MR) is 74.2 cm³/mol. The molecule has 0 bridgehead atoms. The van der Waals surface area contributed by atoms with Gasteiger partial charge in [-0.15, -0.1) is 6.58 Å². The molecule has 1 aliphatic rings. The lowest BCUT2D eigenvalue weighted by Gasteiger charge is -2.28. The molecule has 1 atom stereocenters. The van der Waals surface area contributed by atoms with Gasteiger partial charge in [-0.2, -0.15) is 0 Å². The van der Waals surface area contributed by atoms with Crippen LogP contribution in [0.1, 0.15) is 31.2 Å². The van der Waals surface area contributed by atoms with E-state index in [-0.39, 0.29) is 0 Å². The van der Waals surface area contributed by atoms with Gasteiger partial charge in [0.05, 0.1) is 0 Å². The van der Waals surface area contributed by atoms with Crippen LogP contribution in [0, 0.1) is 0 Å². The summed E-state index contributed by atoms with van der Waals surface area (Å²) in [5, 5.41) is 0. The monoisotopic (exact) mass is 247 g/mol. The zero-order valence-corrected chi connectivity index (χ0v) is 10.9. The van der Waals surface area contributed by atoms with E-state index in [4.69, 9.17) is 0 Å². The quantitative estimate of drug-likeness (QED) is 0.728. The Labute approximate surface area is 109 Å². The highest BCUT2D eigenvalue weighted by Crippen LogP contribution is 2.29. The molecule has 2 rings (SSSR count). The third-order valence-electron chi connectivity index (χ3n) is 3.62. The number of halogens is 1. The van der Waals surface area contributed by atoms with E-state index in [2.05, 4.69) is 23.6 Å². The van der Waals surface area contributed by atoms with Gasteiger partial charge >= 0.3 is 0 Å². The minimum absolute atomic E-state index is 0.471. The molecule has 2 heteroatoms. The zero-order chi connectivity index (χ0) is 12.8. The van der Waals surface area contributed by atoms with E-state index < -0.39 is 5.67 Å². The van der Waals surface area contributed by atoms with Crippen LogP contribution in [0.5, 0.6) is 0 Å². The Kier molecular flexibility index (Phi) is 4.54. The van der Waals surface area contributed by atoms with E-state index in [9.17, 15) is 4.39 Å². The minimum Gasteiger partial charge on any atom is -0.296 e. The van der Waals surface area contributed by atoms with Crippen LogP contribution in [-0.2, 0) is 6.54 Å². The first-order chi connectivity index (χ1) is 8.72. The Morgan fingerprint density at radius 1 is 1.28 bits per heavy atom. The molecule has 1 aromatic rings. The normalized spacial score (nSPS) is 25.6. The van der Waals surface area contributed by atoms with Gasteiger partial charge in [-0.05, 0) is 31.4 Å². The van der Waals surface area contributed by atoms with Crippen LogP contribution in [-0.4, -0.2) is 23.7 Å². The molecule has 1 fully saturated rings. The molecule has 1 heterocycles. The second kappa shape index (κ2) is 6.14. The van der Waals surface area contributed by atoms with Gasteiger partial charge in [0.15, 0.2) is 0 Å². The Morgan fingerprint density at radius 2 is 2.06 bits per heavy atom. The van der Waals surface area contributed by atoms with Gasteiger partial charge in [-0.3, -0.25) is 4.90 Å². The summed E-state index contributed by atoms with van der Waals surface area (Å²) in [5.74, 6) is 0. The summed E-state index contributed by atoms with van der Waals surface area (Å²) in [6, 6.07) is 10.3. The zero-order valence-electron chi connectivity index (χ0n) is 10.9. The molecule has 0 spiro atoms. The van der Waals surface area contributed by atoms with E-state index >= 15 is 0 Å². The highest BCUT2D eigenvalue weighted by atomic mass is 19.1. The van der Waals surface area contributed by atoms with Gasteiger partial charge in [0.2, 0.25) is 0 Å². The third kappa shape index (κ3) is 3.67. The summed E-state index contributed by atoms with van der Waals surface area (Å²) >= 11 is 0. The van der Waals surface area contributed by atoms with Gasteiger partial charge in [0, 0.05) is 19.5 Å². The van der Waals surface area contributed by atoms with Crippen molar-refractivity contribution in [3.05, 3.63) is 48.6 Å². The molecule has 1 aromatic carbocycles. The van der Waals surface area contributed by atoms with Crippen molar-refractivity contribution in [3.63, 3.8) is 0 Å². The summed E-state index contributed by atoms with van der Waals surface area (Å²) in [4.78, 5) is 2.24. The van der Waals surface area contributed by atoms with Crippen molar-refractivity contribution in [3.8, 4) is 0 Å². The first-order valence-corrected chi connectivity index (χ1v) is 6.78. The van der Waals surface area contributed by atoms with Crippen LogP contribution in [0.4, 0.5) is 4.39 Å². The molecule has 1 unspecified atom stereocenters. The first kappa shape index (κ1) is 13.3. The fourth-order valence-corrected chi connectivity index (χ4v) is 2.74. The smallest absolute Gasteiger partial charge is 0.127 e. The molecule has 1 saturated heterocycles. The van der Waals surface area contributed by atoms with Crippen LogP contribution < -0.4 is 0 Å². The maximum absolute atomic E-state index is 14.7. The predicted octanol–water partition coefficient (Wildman–Crippen LogP) is 3.96. The van der Waals surface area contributed by atoms with Crippen molar-refractivity contribution < 1.29 is 4.39 Å². The maximum atomic E-state index is 14.7. The second-order valence-electron chi connectivity index (χ2n) is 5.30. The molecule has 0 aliphatic carbocycles. The molecule has 1 nitrogen and oxygen atoms in total. The second-order valence-corrected chi connectivity index (χ2v) is 5.30. The summed E-state index contributed by atoms with van der Waals surface area (Å²) in [7, 11) is 0. The third-order valence-corrected chi connectivity index (χ3v) is 3.62. The summed E-state index contributed by atoms with van der Waals surface area (Å²) in [6.07, 6.45) is 4.93. The Balaban J connectivity index is 2.01. The Hall–Kier alpha value is -1.15. The first-order valence-electron chi connectivity index (χ1n) is 6.78. The molecule has 0 N–H and O–H groups in total. The van der Waals surface area contributed by atoms with E-state index in [1.54, 1.807) is 6.08 Å². The lowest BCUT2D eigenvalue weighted by Crippen LogP contribution is -2.37. The van der Waals surface area contributed by atoms with Crippen molar-refractivity contribution in [1.29, 1.82) is 0 Å². The topological polar surface area (TPSA) is 3.24 Å². The molecule has 18 heavy (non-hydrogen) atoms. The van der Waals surface area contributed by atoms with Crippen molar-refractivity contribution >= 4 is 0 Å². The van der Waals surface area contributed by atoms with Crippen LogP contribution >= 0.6 is 0 Å². The van der Waals surface area contributed by atoms with Gasteiger partial charge in [0.25, 0.3) is 0 Å². The lowest BCUT2D eigenvalue weighted by molar-refractivity contribution is 0.0992. The van der Waals surface area contributed by atoms with Crippen molar-refractivity contribution in [1.82, 2.24) is 4.90 Å². The van der Waals surface area contributed by atoms with Gasteiger partial charge in [0.1, 0.15) is 5.67 Å². The number of likely N-dealkylation sites (tertiary alicyclic amines) is 1. The summed E-state index contributed by atoms with van der Waals surface area (Å²) in [5.41, 5.74) is 0.188. The van der Waals surface area contributed by atoms with Gasteiger partial charge < -0.3 is 0 Å². The summed E-state index contributed by atoms with van der Waals surface area (Å²) in [6.45, 7) is 6.07. The van der Waals surface area contributed by atoms with Crippen LogP contribution in [0.15, 0.2) is 43.0 Å². The molecule has 1 aliphatic heterocycles. The van der Waals surface area contributed by atoms with Gasteiger partial charge in [-0.25, -0.2) is 4.39 Å². The number of hydrogen-bond donors (Lipinski definition) is 0. The van der Waals surface area contributed by atoms with E-state index in [0.29, 0.717) is 19.4 Å².